The molecule has 0 aromatic heterocycles. The Kier molecular flexibility index (Phi) is 3.30. The molecule has 0 heterocycles. The summed E-state index contributed by atoms with van der Waals surface area (Å²) in [6.45, 7) is 1.27. The van der Waals surface area contributed by atoms with Crippen LogP contribution in [0.15, 0.2) is 23.1 Å². The summed E-state index contributed by atoms with van der Waals surface area (Å²) in [5.74, 6) is -0.389. The molecule has 1 rings (SSSR count). The van der Waals surface area contributed by atoms with Crippen LogP contribution in [0.2, 0.25) is 0 Å². The van der Waals surface area contributed by atoms with Gasteiger partial charge in [-0.3, -0.25) is 4.79 Å². The minimum absolute atomic E-state index is 0.00157. The third kappa shape index (κ3) is 2.81. The van der Waals surface area contributed by atoms with Crippen molar-refractivity contribution in [3.05, 3.63) is 23.8 Å². The molecule has 0 saturated carbocycles. The van der Waals surface area contributed by atoms with Crippen molar-refractivity contribution in [2.45, 2.75) is 11.8 Å². The van der Waals surface area contributed by atoms with Gasteiger partial charge in [0.25, 0.3) is 0 Å². The van der Waals surface area contributed by atoms with E-state index in [1.165, 1.54) is 25.1 Å². The molecule has 0 radical (unpaired) electrons. The number of nitriles is 1. The highest BCUT2D eigenvalue weighted by atomic mass is 32.2. The maximum absolute atomic E-state index is 11.4. The predicted molar refractivity (Wildman–Crippen MR) is 58.6 cm³/mol. The monoisotopic (exact) mass is 238 g/mol. The molecule has 1 amide bonds. The van der Waals surface area contributed by atoms with E-state index in [1.54, 1.807) is 0 Å². The molecule has 16 heavy (non-hydrogen) atoms. The second kappa shape index (κ2) is 4.33. The fraction of sp³-hybridized carbons (Fsp3) is 0.200. The summed E-state index contributed by atoms with van der Waals surface area (Å²) in [4.78, 5) is 10.9. The number of anilines is 1. The van der Waals surface area contributed by atoms with Crippen LogP contribution >= 0.6 is 0 Å². The number of carbonyl (C=O) groups is 1. The molecule has 0 atom stereocenters. The number of benzene rings is 1. The van der Waals surface area contributed by atoms with Crippen LogP contribution < -0.4 is 5.32 Å². The second-order valence-corrected chi connectivity index (χ2v) is 5.26. The molecule has 0 aliphatic rings. The van der Waals surface area contributed by atoms with Crippen molar-refractivity contribution in [1.29, 1.82) is 5.26 Å². The highest BCUT2D eigenvalue weighted by Gasteiger charge is 2.14. The Morgan fingerprint density at radius 2 is 2.06 bits per heavy atom. The van der Waals surface area contributed by atoms with Gasteiger partial charge in [0.15, 0.2) is 9.84 Å². The van der Waals surface area contributed by atoms with Gasteiger partial charge in [-0.1, -0.05) is 0 Å². The molecular weight excluding hydrogens is 228 g/mol. The van der Waals surface area contributed by atoms with E-state index in [-0.39, 0.29) is 22.1 Å². The Balaban J connectivity index is 3.40. The zero-order valence-corrected chi connectivity index (χ0v) is 9.63. The van der Waals surface area contributed by atoms with E-state index in [0.29, 0.717) is 0 Å². The van der Waals surface area contributed by atoms with E-state index < -0.39 is 9.84 Å². The summed E-state index contributed by atoms with van der Waals surface area (Å²) in [5, 5.41) is 11.1. The summed E-state index contributed by atoms with van der Waals surface area (Å²) >= 11 is 0. The van der Waals surface area contributed by atoms with E-state index in [0.717, 1.165) is 6.26 Å². The van der Waals surface area contributed by atoms with Crippen LogP contribution in [0.5, 0.6) is 0 Å². The van der Waals surface area contributed by atoms with Crippen molar-refractivity contribution in [3.63, 3.8) is 0 Å². The van der Waals surface area contributed by atoms with Crippen molar-refractivity contribution in [1.82, 2.24) is 0 Å². The SMILES string of the molecule is CC(=O)Nc1cc(C#N)ccc1S(C)(=O)=O. The van der Waals surface area contributed by atoms with Crippen molar-refractivity contribution in [2.75, 3.05) is 11.6 Å². The summed E-state index contributed by atoms with van der Waals surface area (Å²) in [5.41, 5.74) is 0.421. The number of rotatable bonds is 2. The van der Waals surface area contributed by atoms with Crippen LogP contribution in [-0.2, 0) is 14.6 Å². The normalized spacial score (nSPS) is 10.6. The minimum atomic E-state index is -3.43. The maximum atomic E-state index is 11.4. The van der Waals surface area contributed by atoms with Crippen molar-refractivity contribution >= 4 is 21.4 Å². The molecule has 1 aromatic carbocycles. The first-order valence-corrected chi connectivity index (χ1v) is 6.25. The van der Waals surface area contributed by atoms with Crippen LogP contribution in [0, 0.1) is 11.3 Å². The summed E-state index contributed by atoms with van der Waals surface area (Å²) in [7, 11) is -3.43. The number of nitrogens with zero attached hydrogens (tertiary/aromatic N) is 1. The quantitative estimate of drug-likeness (QED) is 0.829. The number of nitrogens with one attached hydrogen (secondary N) is 1. The van der Waals surface area contributed by atoms with Gasteiger partial charge in [-0.2, -0.15) is 5.26 Å². The molecule has 6 heteroatoms. The van der Waals surface area contributed by atoms with E-state index in [9.17, 15) is 13.2 Å². The molecule has 0 bridgehead atoms. The largest absolute Gasteiger partial charge is 0.325 e. The van der Waals surface area contributed by atoms with E-state index >= 15 is 0 Å². The first kappa shape index (κ1) is 12.2. The van der Waals surface area contributed by atoms with Crippen LogP contribution in [0.25, 0.3) is 0 Å². The average Bonchev–Trinajstić information content (AvgIpc) is 2.14. The number of sulfone groups is 1. The highest BCUT2D eigenvalue weighted by molar-refractivity contribution is 7.90. The second-order valence-electron chi connectivity index (χ2n) is 3.28. The number of hydrogen-bond acceptors (Lipinski definition) is 4. The Bertz CT molecular complexity index is 570. The van der Waals surface area contributed by atoms with Gasteiger partial charge in [0, 0.05) is 13.2 Å². The maximum Gasteiger partial charge on any atom is 0.221 e. The lowest BCUT2D eigenvalue weighted by atomic mass is 10.2. The molecule has 0 fully saturated rings. The van der Waals surface area contributed by atoms with Gasteiger partial charge in [-0.25, -0.2) is 8.42 Å². The summed E-state index contributed by atoms with van der Waals surface area (Å²) in [6.07, 6.45) is 1.04. The molecular formula is C10H10N2O3S. The van der Waals surface area contributed by atoms with E-state index in [4.69, 9.17) is 5.26 Å². The molecule has 84 valence electrons. The number of amides is 1. The molecule has 0 unspecified atom stereocenters. The average molecular weight is 238 g/mol. The van der Waals surface area contributed by atoms with Gasteiger partial charge in [-0.15, -0.1) is 0 Å². The molecule has 5 nitrogen and oxygen atoms in total. The molecule has 1 aromatic rings. The fourth-order valence-corrected chi connectivity index (χ4v) is 2.03. The first-order valence-electron chi connectivity index (χ1n) is 4.36. The van der Waals surface area contributed by atoms with Crippen molar-refractivity contribution < 1.29 is 13.2 Å². The zero-order valence-electron chi connectivity index (χ0n) is 8.81. The van der Waals surface area contributed by atoms with Crippen molar-refractivity contribution in [2.24, 2.45) is 0 Å². The number of hydrogen-bond donors (Lipinski definition) is 1. The van der Waals surface area contributed by atoms with Gasteiger partial charge in [-0.05, 0) is 18.2 Å². The Morgan fingerprint density at radius 1 is 1.44 bits per heavy atom. The number of carbonyl (C=O) groups excluding carboxylic acids is 1. The van der Waals surface area contributed by atoms with Gasteiger partial charge >= 0.3 is 0 Å². The zero-order chi connectivity index (χ0) is 12.3. The molecule has 0 saturated heterocycles. The summed E-state index contributed by atoms with van der Waals surface area (Å²) in [6, 6.07) is 5.90. The molecule has 0 aliphatic heterocycles. The van der Waals surface area contributed by atoms with Crippen LogP contribution in [0.4, 0.5) is 5.69 Å². The van der Waals surface area contributed by atoms with Crippen LogP contribution in [-0.4, -0.2) is 20.6 Å². The van der Waals surface area contributed by atoms with Crippen LogP contribution in [0.3, 0.4) is 0 Å². The Hall–Kier alpha value is -1.87. The smallest absolute Gasteiger partial charge is 0.221 e. The topological polar surface area (TPSA) is 87.0 Å². The Morgan fingerprint density at radius 3 is 2.50 bits per heavy atom. The third-order valence-electron chi connectivity index (χ3n) is 1.82. The highest BCUT2D eigenvalue weighted by Crippen LogP contribution is 2.22. The van der Waals surface area contributed by atoms with E-state index in [2.05, 4.69) is 5.32 Å². The fourth-order valence-electron chi connectivity index (χ4n) is 1.21. The minimum Gasteiger partial charge on any atom is -0.325 e. The van der Waals surface area contributed by atoms with E-state index in [1.807, 2.05) is 6.07 Å². The van der Waals surface area contributed by atoms with Crippen LogP contribution in [0.1, 0.15) is 12.5 Å². The van der Waals surface area contributed by atoms with Gasteiger partial charge in [0.1, 0.15) is 0 Å². The molecule has 0 aliphatic carbocycles. The Labute approximate surface area is 93.6 Å². The predicted octanol–water partition coefficient (Wildman–Crippen LogP) is 0.920. The van der Waals surface area contributed by atoms with Gasteiger partial charge < -0.3 is 5.32 Å². The van der Waals surface area contributed by atoms with Gasteiger partial charge in [0.05, 0.1) is 22.2 Å². The molecule has 0 spiro atoms. The first-order chi connectivity index (χ1) is 7.34. The third-order valence-corrected chi connectivity index (χ3v) is 2.97. The molecule has 1 N–H and O–H groups in total. The van der Waals surface area contributed by atoms with Gasteiger partial charge in [0.2, 0.25) is 5.91 Å². The summed E-state index contributed by atoms with van der Waals surface area (Å²) < 4.78 is 22.8. The standard InChI is InChI=1S/C10H10N2O3S/c1-7(13)12-9-5-8(6-11)3-4-10(9)16(2,14)15/h3-5H,1-2H3,(H,12,13). The lowest BCUT2D eigenvalue weighted by Crippen LogP contribution is -2.10. The van der Waals surface area contributed by atoms with Crippen molar-refractivity contribution in [3.8, 4) is 6.07 Å². The lowest BCUT2D eigenvalue weighted by molar-refractivity contribution is -0.114. The lowest BCUT2D eigenvalue weighted by Gasteiger charge is -2.08.